The highest BCUT2D eigenvalue weighted by Gasteiger charge is 2.26. The maximum Gasteiger partial charge on any atom is 0.564 e. The molecule has 0 aromatic heterocycles. The molecule has 0 aliphatic carbocycles. The topological polar surface area (TPSA) is 74.0 Å². The van der Waals surface area contributed by atoms with E-state index < -0.39 is 0 Å². The molecular formula is C13H18ClN4O2. The van der Waals surface area contributed by atoms with Crippen LogP contribution in [0.1, 0.15) is 0 Å². The van der Waals surface area contributed by atoms with Crippen molar-refractivity contribution in [2.24, 2.45) is 0 Å². The van der Waals surface area contributed by atoms with Gasteiger partial charge in [-0.1, -0.05) is 0 Å². The first-order valence-electron chi connectivity index (χ1n) is 5.94. The van der Waals surface area contributed by atoms with Crippen molar-refractivity contribution in [1.29, 1.82) is 0 Å². The van der Waals surface area contributed by atoms with Gasteiger partial charge in [0.25, 0.3) is 0 Å². The van der Waals surface area contributed by atoms with Crippen molar-refractivity contribution in [2.45, 2.75) is 0 Å². The largest absolute Gasteiger partial charge is 1.00 e. The molecule has 0 bridgehead atoms. The highest BCUT2D eigenvalue weighted by atomic mass is 35.5. The Morgan fingerprint density at radius 3 is 2.75 bits per heavy atom. The smallest absolute Gasteiger partial charge is 0.564 e. The second-order valence-electron chi connectivity index (χ2n) is 4.24. The maximum absolute atomic E-state index is 9.70. The Morgan fingerprint density at radius 2 is 2.15 bits per heavy atom. The fraction of sp³-hybridized carbons (Fsp3) is 0.308. The Balaban J connectivity index is 0.00000200. The molecule has 0 atom stereocenters. The quantitative estimate of drug-likeness (QED) is 0.335. The van der Waals surface area contributed by atoms with E-state index in [-0.39, 0.29) is 18.2 Å². The van der Waals surface area contributed by atoms with Crippen LogP contribution in [0.15, 0.2) is 24.5 Å². The predicted molar refractivity (Wildman–Crippen MR) is 74.4 cm³/mol. The third kappa shape index (κ3) is 3.71. The van der Waals surface area contributed by atoms with E-state index in [1.807, 2.05) is 29.2 Å². The van der Waals surface area contributed by atoms with Gasteiger partial charge in [-0.2, -0.15) is 0 Å². The first kappa shape index (κ1) is 16.0. The van der Waals surface area contributed by atoms with Crippen molar-refractivity contribution in [3.8, 4) is 11.5 Å². The average molecular weight is 298 g/mol. The van der Waals surface area contributed by atoms with Crippen LogP contribution in [0.5, 0.6) is 11.5 Å². The highest BCUT2D eigenvalue weighted by Crippen LogP contribution is 2.33. The van der Waals surface area contributed by atoms with Gasteiger partial charge in [-0.3, -0.25) is 0 Å². The Hall–Kier alpha value is -2.08. The number of nitrogens with one attached hydrogen (secondary N) is 1. The van der Waals surface area contributed by atoms with Gasteiger partial charge >= 0.3 is 6.67 Å². The summed E-state index contributed by atoms with van der Waals surface area (Å²) < 4.78 is 4.99. The lowest BCUT2D eigenvalue weighted by Gasteiger charge is -2.12. The van der Waals surface area contributed by atoms with Gasteiger partial charge in [0.05, 0.1) is 44.5 Å². The monoisotopic (exact) mass is 297 g/mol. The SMILES string of the molecule is COc1cc(N)c(NCCN2[C+]N(C)C=C2)cc1O.[Cl-]. The molecule has 0 amide bonds. The Kier molecular flexibility index (Phi) is 5.52. The molecule has 1 aliphatic heterocycles. The zero-order valence-electron chi connectivity index (χ0n) is 11.4. The lowest BCUT2D eigenvalue weighted by atomic mass is 10.2. The standard InChI is InChI=1S/C13H18N4O2.ClH/c1-16-5-6-17(9-16)4-3-15-11-8-12(18)13(19-2)7-10(11)14;/h5-8,15,18H,3-4,14H2,1-2H3;1H/q+1;/p-1. The molecule has 1 aliphatic rings. The van der Waals surface area contributed by atoms with Gasteiger partial charge in [0, 0.05) is 18.7 Å². The molecule has 1 aromatic carbocycles. The third-order valence-corrected chi connectivity index (χ3v) is 2.78. The molecule has 1 heterocycles. The van der Waals surface area contributed by atoms with Crippen molar-refractivity contribution < 1.29 is 22.3 Å². The van der Waals surface area contributed by atoms with Crippen LogP contribution >= 0.6 is 0 Å². The number of nitrogens with two attached hydrogens (primary N) is 1. The number of anilines is 2. The van der Waals surface area contributed by atoms with E-state index in [1.54, 1.807) is 12.1 Å². The Labute approximate surface area is 125 Å². The summed E-state index contributed by atoms with van der Waals surface area (Å²) in [6, 6.07) is 3.16. The Bertz CT molecular complexity index is 482. The van der Waals surface area contributed by atoms with E-state index in [9.17, 15) is 5.11 Å². The van der Waals surface area contributed by atoms with Crippen molar-refractivity contribution in [2.75, 3.05) is 38.3 Å². The highest BCUT2D eigenvalue weighted by molar-refractivity contribution is 5.71. The summed E-state index contributed by atoms with van der Waals surface area (Å²) in [5.74, 6) is 0.437. The number of hydrogen-bond acceptors (Lipinski definition) is 6. The van der Waals surface area contributed by atoms with Gasteiger partial charge in [-0.15, -0.1) is 9.80 Å². The van der Waals surface area contributed by atoms with Gasteiger partial charge in [0.15, 0.2) is 11.5 Å². The second-order valence-corrected chi connectivity index (χ2v) is 4.24. The molecule has 20 heavy (non-hydrogen) atoms. The lowest BCUT2D eigenvalue weighted by molar-refractivity contribution is -0.00000512. The summed E-state index contributed by atoms with van der Waals surface area (Å²) in [6.07, 6.45) is 3.87. The zero-order valence-corrected chi connectivity index (χ0v) is 12.2. The number of rotatable bonds is 5. The van der Waals surface area contributed by atoms with Crippen LogP contribution in [0.4, 0.5) is 11.4 Å². The molecule has 1 radical (unpaired) electrons. The molecule has 0 saturated heterocycles. The number of hydrogen-bond donors (Lipinski definition) is 3. The molecule has 0 fully saturated rings. The first-order chi connectivity index (χ1) is 9.10. The van der Waals surface area contributed by atoms with Gasteiger partial charge in [0.2, 0.25) is 0 Å². The molecule has 0 spiro atoms. The van der Waals surface area contributed by atoms with Crippen molar-refractivity contribution in [3.05, 3.63) is 31.2 Å². The molecule has 6 nitrogen and oxygen atoms in total. The summed E-state index contributed by atoms with van der Waals surface area (Å²) in [6.45, 7) is 4.54. The number of phenols is 1. The normalized spacial score (nSPS) is 12.9. The molecular weight excluding hydrogens is 280 g/mol. The minimum atomic E-state index is 0. The van der Waals surface area contributed by atoms with Crippen molar-refractivity contribution >= 4 is 11.4 Å². The summed E-state index contributed by atoms with van der Waals surface area (Å²) in [4.78, 5) is 3.79. The van der Waals surface area contributed by atoms with Crippen LogP contribution in [0.25, 0.3) is 0 Å². The molecule has 109 valence electrons. The van der Waals surface area contributed by atoms with Gasteiger partial charge in [-0.25, -0.2) is 0 Å². The first-order valence-corrected chi connectivity index (χ1v) is 5.94. The van der Waals surface area contributed by atoms with E-state index in [0.29, 0.717) is 23.7 Å². The van der Waals surface area contributed by atoms with Gasteiger partial charge in [-0.05, 0) is 0 Å². The molecule has 0 unspecified atom stereocenters. The number of ether oxygens (including phenoxy) is 1. The fourth-order valence-electron chi connectivity index (χ4n) is 1.79. The minimum Gasteiger partial charge on any atom is -1.00 e. The number of benzene rings is 1. The summed E-state index contributed by atoms with van der Waals surface area (Å²) in [7, 11) is 3.41. The van der Waals surface area contributed by atoms with E-state index in [4.69, 9.17) is 10.5 Å². The average Bonchev–Trinajstić information content (AvgIpc) is 2.79. The van der Waals surface area contributed by atoms with Gasteiger partial charge < -0.3 is 33.3 Å². The van der Waals surface area contributed by atoms with Gasteiger partial charge in [0.1, 0.15) is 0 Å². The van der Waals surface area contributed by atoms with Crippen molar-refractivity contribution in [1.82, 2.24) is 9.80 Å². The van der Waals surface area contributed by atoms with Crippen LogP contribution in [-0.2, 0) is 0 Å². The van der Waals surface area contributed by atoms with Crippen molar-refractivity contribution in [3.63, 3.8) is 0 Å². The molecule has 1 aromatic rings. The maximum atomic E-state index is 9.70. The molecule has 4 N–H and O–H groups in total. The number of aromatic hydroxyl groups is 1. The lowest BCUT2D eigenvalue weighted by Crippen LogP contribution is -3.00. The van der Waals surface area contributed by atoms with E-state index in [0.717, 1.165) is 6.54 Å². The van der Waals surface area contributed by atoms with Crippen LogP contribution in [0.2, 0.25) is 0 Å². The number of nitrogen functional groups attached to an aromatic ring is 1. The summed E-state index contributed by atoms with van der Waals surface area (Å²) in [5.41, 5.74) is 7.11. The van der Waals surface area contributed by atoms with E-state index >= 15 is 0 Å². The van der Waals surface area contributed by atoms with Crippen LogP contribution in [0, 0.1) is 6.67 Å². The minimum absolute atomic E-state index is 0. The van der Waals surface area contributed by atoms with Crippen LogP contribution in [0.3, 0.4) is 0 Å². The number of phenolic OH excluding ortho intramolecular Hbond substituents is 1. The molecule has 0 saturated carbocycles. The van der Waals surface area contributed by atoms with Crippen LogP contribution < -0.4 is 28.2 Å². The zero-order chi connectivity index (χ0) is 13.8. The summed E-state index contributed by atoms with van der Waals surface area (Å²) >= 11 is 0. The number of methoxy groups -OCH3 is 1. The number of nitrogens with zero attached hydrogens (tertiary/aromatic N) is 2. The molecule has 2 rings (SSSR count). The second kappa shape index (κ2) is 6.91. The van der Waals surface area contributed by atoms with E-state index in [1.165, 1.54) is 7.11 Å². The fourth-order valence-corrected chi connectivity index (χ4v) is 1.79. The Morgan fingerprint density at radius 1 is 1.40 bits per heavy atom. The van der Waals surface area contributed by atoms with E-state index in [2.05, 4.69) is 12.0 Å². The number of halogens is 1. The van der Waals surface area contributed by atoms with Crippen LogP contribution in [-0.4, -0.2) is 42.2 Å². The molecule has 7 heteroatoms. The third-order valence-electron chi connectivity index (χ3n) is 2.78. The predicted octanol–water partition coefficient (Wildman–Crippen LogP) is -1.89. The summed E-state index contributed by atoms with van der Waals surface area (Å²) in [5, 5.41) is 12.9.